The molecule has 6 nitrogen and oxygen atoms in total. The molecule has 2 unspecified atom stereocenters. The van der Waals surface area contributed by atoms with Gasteiger partial charge in [0.05, 0.1) is 25.4 Å². The summed E-state index contributed by atoms with van der Waals surface area (Å²) in [6.07, 6.45) is 68.2. The predicted octanol–water partition coefficient (Wildman–Crippen LogP) is 17.4. The van der Waals surface area contributed by atoms with Gasteiger partial charge in [0, 0.05) is 12.8 Å². The molecule has 0 aromatic rings. The molecule has 65 heavy (non-hydrogen) atoms. The molecular weight excluding hydrogens is 803 g/mol. The molecule has 1 amide bonds. The molecule has 3 N–H and O–H groups in total. The Morgan fingerprint density at radius 1 is 0.431 bits per heavy atom. The van der Waals surface area contributed by atoms with Crippen molar-refractivity contribution in [2.24, 2.45) is 0 Å². The summed E-state index contributed by atoms with van der Waals surface area (Å²) in [5, 5.41) is 23.2. The maximum absolute atomic E-state index is 12.5. The number of amides is 1. The van der Waals surface area contributed by atoms with Crippen molar-refractivity contribution < 1.29 is 24.5 Å². The number of ether oxygens (including phenoxy) is 1. The minimum atomic E-state index is -0.701. The Morgan fingerprint density at radius 2 is 0.800 bits per heavy atom. The topological polar surface area (TPSA) is 95.9 Å². The normalized spacial score (nSPS) is 13.0. The van der Waals surface area contributed by atoms with Crippen LogP contribution in [0.1, 0.15) is 290 Å². The number of aliphatic hydroxyl groups is 2. The van der Waals surface area contributed by atoms with Gasteiger partial charge in [0.2, 0.25) is 5.91 Å². The molecule has 0 spiro atoms. The van der Waals surface area contributed by atoms with Gasteiger partial charge in [-0.25, -0.2) is 0 Å². The first-order valence-corrected chi connectivity index (χ1v) is 28.4. The fourth-order valence-corrected chi connectivity index (χ4v) is 8.47. The van der Waals surface area contributed by atoms with Gasteiger partial charge in [-0.3, -0.25) is 9.59 Å². The number of unbranched alkanes of at least 4 members (excludes halogenated alkanes) is 33. The van der Waals surface area contributed by atoms with Crippen LogP contribution in [-0.4, -0.2) is 47.4 Å². The van der Waals surface area contributed by atoms with Crippen LogP contribution in [0.15, 0.2) is 48.6 Å². The molecule has 0 aromatic carbocycles. The van der Waals surface area contributed by atoms with Gasteiger partial charge < -0.3 is 20.3 Å². The number of hydrogen-bond acceptors (Lipinski definition) is 5. The molecule has 0 saturated heterocycles. The molecule has 380 valence electrons. The monoisotopic (exact) mass is 912 g/mol. The van der Waals surface area contributed by atoms with Crippen LogP contribution in [0.3, 0.4) is 0 Å². The van der Waals surface area contributed by atoms with E-state index < -0.39 is 12.1 Å². The van der Waals surface area contributed by atoms with Gasteiger partial charge in [0.25, 0.3) is 0 Å². The Labute approximate surface area is 404 Å². The van der Waals surface area contributed by atoms with Crippen LogP contribution in [0.5, 0.6) is 0 Å². The van der Waals surface area contributed by atoms with Crippen molar-refractivity contribution in [1.82, 2.24) is 5.32 Å². The van der Waals surface area contributed by atoms with E-state index in [0.717, 1.165) is 64.2 Å². The molecule has 0 aliphatic rings. The van der Waals surface area contributed by atoms with E-state index in [2.05, 4.69) is 61.7 Å². The lowest BCUT2D eigenvalue weighted by atomic mass is 10.0. The number of esters is 1. The molecule has 0 saturated carbocycles. The highest BCUT2D eigenvalue weighted by molar-refractivity contribution is 5.76. The predicted molar refractivity (Wildman–Crippen MR) is 282 cm³/mol. The van der Waals surface area contributed by atoms with Crippen molar-refractivity contribution in [3.8, 4) is 0 Å². The van der Waals surface area contributed by atoms with Crippen molar-refractivity contribution in [3.63, 3.8) is 0 Å². The van der Waals surface area contributed by atoms with Crippen LogP contribution in [0.4, 0.5) is 0 Å². The maximum atomic E-state index is 12.5. The van der Waals surface area contributed by atoms with Crippen molar-refractivity contribution in [3.05, 3.63) is 48.6 Å². The van der Waals surface area contributed by atoms with E-state index in [0.29, 0.717) is 32.3 Å². The standard InChI is InChI=1S/C59H109NO5/c1-3-5-7-9-11-13-15-17-19-20-21-22-23-24-25-27-31-35-39-43-47-51-57(62)56(55-61)60-58(63)52-48-44-40-36-32-28-26-30-34-38-42-46-50-54-65-59(64)53-49-45-41-37-33-29-18-16-14-12-10-8-6-4-2/h10,12,16,18,28,32,40,44,56-57,61-62H,3-9,11,13-15,17,19-27,29-31,33-39,41-43,45-55H2,1-2H3,(H,60,63)/b12-10-,18-16-,32-28-,44-40-. The molecular formula is C59H109NO5. The molecule has 0 aliphatic carbocycles. The van der Waals surface area contributed by atoms with E-state index in [9.17, 15) is 19.8 Å². The Morgan fingerprint density at radius 3 is 1.25 bits per heavy atom. The van der Waals surface area contributed by atoms with Crippen molar-refractivity contribution in [2.45, 2.75) is 302 Å². The molecule has 0 aromatic heterocycles. The average molecular weight is 913 g/mol. The SMILES string of the molecule is CCCC/C=C\C/C=C\CCCCCCCC(=O)OCCCCCCCC/C=C\C/C=C\CCC(=O)NC(CO)C(O)CCCCCCCCCCCCCCCCCCCCCCC. The van der Waals surface area contributed by atoms with Crippen LogP contribution in [0.2, 0.25) is 0 Å². The third-order valence-corrected chi connectivity index (χ3v) is 12.9. The number of rotatable bonds is 52. The maximum Gasteiger partial charge on any atom is 0.305 e. The number of carbonyl (C=O) groups excluding carboxylic acids is 2. The summed E-state index contributed by atoms with van der Waals surface area (Å²) in [7, 11) is 0. The largest absolute Gasteiger partial charge is 0.466 e. The van der Waals surface area contributed by atoms with Crippen LogP contribution in [0.25, 0.3) is 0 Å². The number of carbonyl (C=O) groups is 2. The summed E-state index contributed by atoms with van der Waals surface area (Å²) in [5.41, 5.74) is 0. The Bertz CT molecular complexity index is 1100. The van der Waals surface area contributed by atoms with Gasteiger partial charge in [0.15, 0.2) is 0 Å². The number of hydrogen-bond donors (Lipinski definition) is 3. The number of aliphatic hydroxyl groups excluding tert-OH is 2. The van der Waals surface area contributed by atoms with Gasteiger partial charge in [-0.15, -0.1) is 0 Å². The summed E-state index contributed by atoms with van der Waals surface area (Å²) in [5.74, 6) is -0.147. The molecule has 6 heteroatoms. The lowest BCUT2D eigenvalue weighted by Gasteiger charge is -2.22. The molecule has 0 radical (unpaired) electrons. The summed E-state index contributed by atoms with van der Waals surface area (Å²) in [6, 6.07) is -0.588. The third kappa shape index (κ3) is 51.1. The first kappa shape index (κ1) is 62.8. The second kappa shape index (κ2) is 54.4. The smallest absolute Gasteiger partial charge is 0.305 e. The summed E-state index contributed by atoms with van der Waals surface area (Å²) < 4.78 is 5.44. The summed E-state index contributed by atoms with van der Waals surface area (Å²) >= 11 is 0. The third-order valence-electron chi connectivity index (χ3n) is 12.9. The fourth-order valence-electron chi connectivity index (χ4n) is 8.47. The number of allylic oxidation sites excluding steroid dienone is 8. The Kier molecular flexibility index (Phi) is 52.6. The highest BCUT2D eigenvalue weighted by Gasteiger charge is 2.19. The minimum Gasteiger partial charge on any atom is -0.466 e. The Balaban J connectivity index is 3.55. The molecule has 0 heterocycles. The van der Waals surface area contributed by atoms with Crippen molar-refractivity contribution in [2.75, 3.05) is 13.2 Å². The molecule has 0 aliphatic heterocycles. The second-order valence-corrected chi connectivity index (χ2v) is 19.3. The van der Waals surface area contributed by atoms with Gasteiger partial charge in [-0.1, -0.05) is 255 Å². The zero-order chi connectivity index (χ0) is 47.2. The number of nitrogens with one attached hydrogen (secondary N) is 1. The minimum absolute atomic E-state index is 0.0317. The van der Waals surface area contributed by atoms with E-state index >= 15 is 0 Å². The average Bonchev–Trinajstić information content (AvgIpc) is 3.31. The fraction of sp³-hybridized carbons (Fsp3) is 0.831. The summed E-state index contributed by atoms with van der Waals surface area (Å²) in [6.45, 7) is 4.85. The van der Waals surface area contributed by atoms with Crippen LogP contribution >= 0.6 is 0 Å². The van der Waals surface area contributed by atoms with E-state index in [4.69, 9.17) is 4.74 Å². The van der Waals surface area contributed by atoms with E-state index in [1.165, 1.54) is 186 Å². The molecule has 2 atom stereocenters. The van der Waals surface area contributed by atoms with Crippen molar-refractivity contribution >= 4 is 11.9 Å². The quantitative estimate of drug-likeness (QED) is 0.0321. The van der Waals surface area contributed by atoms with E-state index in [1.807, 2.05) is 6.08 Å². The van der Waals surface area contributed by atoms with Crippen LogP contribution < -0.4 is 5.32 Å². The summed E-state index contributed by atoms with van der Waals surface area (Å²) in [4.78, 5) is 24.5. The van der Waals surface area contributed by atoms with Gasteiger partial charge >= 0.3 is 5.97 Å². The van der Waals surface area contributed by atoms with Gasteiger partial charge in [-0.2, -0.15) is 0 Å². The van der Waals surface area contributed by atoms with E-state index in [1.54, 1.807) is 0 Å². The van der Waals surface area contributed by atoms with E-state index in [-0.39, 0.29) is 18.5 Å². The van der Waals surface area contributed by atoms with Crippen LogP contribution in [-0.2, 0) is 14.3 Å². The molecule has 0 rings (SSSR count). The first-order valence-electron chi connectivity index (χ1n) is 28.4. The lowest BCUT2D eigenvalue weighted by molar-refractivity contribution is -0.143. The van der Waals surface area contributed by atoms with Crippen LogP contribution in [0, 0.1) is 0 Å². The second-order valence-electron chi connectivity index (χ2n) is 19.3. The first-order chi connectivity index (χ1) is 32.0. The zero-order valence-corrected chi connectivity index (χ0v) is 43.2. The molecule has 0 bridgehead atoms. The van der Waals surface area contributed by atoms with Crippen molar-refractivity contribution in [1.29, 1.82) is 0 Å². The molecule has 0 fully saturated rings. The highest BCUT2D eigenvalue weighted by Crippen LogP contribution is 2.17. The van der Waals surface area contributed by atoms with Gasteiger partial charge in [0.1, 0.15) is 0 Å². The Hall–Kier alpha value is -2.18. The highest BCUT2D eigenvalue weighted by atomic mass is 16.5. The van der Waals surface area contributed by atoms with Gasteiger partial charge in [-0.05, 0) is 70.6 Å². The zero-order valence-electron chi connectivity index (χ0n) is 43.2. The lowest BCUT2D eigenvalue weighted by Crippen LogP contribution is -2.45.